The van der Waals surface area contributed by atoms with Crippen molar-refractivity contribution in [2.45, 2.75) is 38.9 Å². The van der Waals surface area contributed by atoms with Crippen molar-refractivity contribution in [2.75, 3.05) is 0 Å². The highest BCUT2D eigenvalue weighted by atomic mass is 32.1. The molecule has 1 aliphatic rings. The fourth-order valence-corrected chi connectivity index (χ4v) is 2.54. The van der Waals surface area contributed by atoms with E-state index in [-0.39, 0.29) is 18.3 Å². The van der Waals surface area contributed by atoms with Gasteiger partial charge in [-0.05, 0) is 33.8 Å². The third kappa shape index (κ3) is 1.67. The second-order valence-corrected chi connectivity index (χ2v) is 6.10. The predicted molar refractivity (Wildman–Crippen MR) is 73.1 cm³/mol. The van der Waals surface area contributed by atoms with Gasteiger partial charge in [0.1, 0.15) is 11.0 Å². The lowest BCUT2D eigenvalue weighted by atomic mass is 9.78. The number of hydrogen-bond donors (Lipinski definition) is 0. The molecule has 1 aromatic heterocycles. The van der Waals surface area contributed by atoms with Gasteiger partial charge in [-0.3, -0.25) is 0 Å². The van der Waals surface area contributed by atoms with E-state index in [9.17, 15) is 0 Å². The molecule has 0 aliphatic carbocycles. The third-order valence-corrected chi connectivity index (χ3v) is 4.37. The van der Waals surface area contributed by atoms with Crippen LogP contribution in [0.15, 0.2) is 18.2 Å². The van der Waals surface area contributed by atoms with E-state index in [1.165, 1.54) is 11.7 Å². The van der Waals surface area contributed by atoms with Crippen molar-refractivity contribution in [3.05, 3.63) is 18.2 Å². The number of nitrogens with zero attached hydrogens (tertiary/aromatic N) is 2. The zero-order chi connectivity index (χ0) is 13.0. The van der Waals surface area contributed by atoms with Gasteiger partial charge < -0.3 is 9.31 Å². The van der Waals surface area contributed by atoms with Crippen LogP contribution in [0.1, 0.15) is 27.7 Å². The summed E-state index contributed by atoms with van der Waals surface area (Å²) < 4.78 is 20.7. The molecule has 1 aromatic carbocycles. The topological polar surface area (TPSA) is 44.2 Å². The van der Waals surface area contributed by atoms with Crippen LogP contribution in [-0.2, 0) is 9.31 Å². The average Bonchev–Trinajstić information content (AvgIpc) is 2.81. The highest BCUT2D eigenvalue weighted by Gasteiger charge is 2.52. The lowest BCUT2D eigenvalue weighted by Crippen LogP contribution is -2.41. The Morgan fingerprint density at radius 1 is 1.06 bits per heavy atom. The average molecular weight is 262 g/mol. The van der Waals surface area contributed by atoms with Crippen molar-refractivity contribution in [1.82, 2.24) is 8.75 Å². The first-order valence-corrected chi connectivity index (χ1v) is 6.71. The van der Waals surface area contributed by atoms with E-state index in [1.807, 2.05) is 45.9 Å². The molecule has 94 valence electrons. The van der Waals surface area contributed by atoms with Gasteiger partial charge in [0.05, 0.1) is 22.9 Å². The molecule has 18 heavy (non-hydrogen) atoms. The lowest BCUT2D eigenvalue weighted by molar-refractivity contribution is 0.00578. The van der Waals surface area contributed by atoms with Crippen LogP contribution in [0.3, 0.4) is 0 Å². The smallest absolute Gasteiger partial charge is 0.399 e. The summed E-state index contributed by atoms with van der Waals surface area (Å²) in [7, 11) is -0.373. The van der Waals surface area contributed by atoms with E-state index >= 15 is 0 Å². The normalized spacial score (nSPS) is 21.7. The Bertz CT molecular complexity index is 581. The largest absolute Gasteiger partial charge is 0.497 e. The van der Waals surface area contributed by atoms with Gasteiger partial charge in [-0.1, -0.05) is 12.1 Å². The summed E-state index contributed by atoms with van der Waals surface area (Å²) in [5, 5.41) is 0. The van der Waals surface area contributed by atoms with Gasteiger partial charge in [0.25, 0.3) is 0 Å². The summed E-state index contributed by atoms with van der Waals surface area (Å²) in [6.07, 6.45) is 0. The predicted octanol–water partition coefficient (Wildman–Crippen LogP) is 1.99. The van der Waals surface area contributed by atoms with Crippen molar-refractivity contribution in [3.8, 4) is 0 Å². The van der Waals surface area contributed by atoms with Crippen molar-refractivity contribution in [1.29, 1.82) is 0 Å². The van der Waals surface area contributed by atoms with Crippen LogP contribution in [0.4, 0.5) is 0 Å². The molecule has 3 rings (SSSR count). The van der Waals surface area contributed by atoms with Gasteiger partial charge in [0.2, 0.25) is 0 Å². The first-order valence-electron chi connectivity index (χ1n) is 5.97. The molecule has 2 aromatic rings. The highest BCUT2D eigenvalue weighted by molar-refractivity contribution is 7.00. The van der Waals surface area contributed by atoms with Gasteiger partial charge in [0.15, 0.2) is 0 Å². The van der Waals surface area contributed by atoms with Gasteiger partial charge in [0, 0.05) is 5.46 Å². The summed E-state index contributed by atoms with van der Waals surface area (Å²) >= 11 is 1.21. The Morgan fingerprint density at radius 2 is 1.72 bits per heavy atom. The van der Waals surface area contributed by atoms with Crippen LogP contribution >= 0.6 is 11.7 Å². The van der Waals surface area contributed by atoms with Crippen molar-refractivity contribution >= 4 is 35.3 Å². The van der Waals surface area contributed by atoms with Gasteiger partial charge in [-0.2, -0.15) is 8.75 Å². The Kier molecular flexibility index (Phi) is 2.52. The maximum atomic E-state index is 6.04. The Hall–Kier alpha value is -0.975. The summed E-state index contributed by atoms with van der Waals surface area (Å²) in [4.78, 5) is 0. The van der Waals surface area contributed by atoms with Crippen LogP contribution < -0.4 is 5.46 Å². The van der Waals surface area contributed by atoms with Crippen molar-refractivity contribution in [3.63, 3.8) is 0 Å². The quantitative estimate of drug-likeness (QED) is 0.737. The van der Waals surface area contributed by atoms with Gasteiger partial charge in [-0.15, -0.1) is 0 Å². The summed E-state index contributed by atoms with van der Waals surface area (Å²) in [6, 6.07) is 5.91. The summed E-state index contributed by atoms with van der Waals surface area (Å²) in [6.45, 7) is 8.19. The van der Waals surface area contributed by atoms with Crippen LogP contribution in [0, 0.1) is 0 Å². The molecular weight excluding hydrogens is 247 g/mol. The zero-order valence-corrected chi connectivity index (χ0v) is 11.7. The lowest BCUT2D eigenvalue weighted by Gasteiger charge is -2.32. The van der Waals surface area contributed by atoms with Crippen LogP contribution in [0.2, 0.25) is 0 Å². The molecule has 0 unspecified atom stereocenters. The van der Waals surface area contributed by atoms with E-state index in [0.29, 0.717) is 0 Å². The van der Waals surface area contributed by atoms with E-state index in [1.54, 1.807) is 0 Å². The standard InChI is InChI=1S/C12H15BN2O2S/c1-11(2)12(3,4)17-13(16-11)8-6-5-7-9-10(8)15-18-14-9/h5-7H,1-4H3. The molecule has 0 spiro atoms. The molecule has 1 fully saturated rings. The molecule has 4 nitrogen and oxygen atoms in total. The monoisotopic (exact) mass is 262 g/mol. The number of benzene rings is 1. The first kappa shape index (κ1) is 12.1. The van der Waals surface area contributed by atoms with E-state index in [2.05, 4.69) is 8.75 Å². The first-order chi connectivity index (χ1) is 8.41. The Labute approximate surface area is 111 Å². The SMILES string of the molecule is CC1(C)OB(c2cccc3nsnc23)OC1(C)C. The molecule has 0 bridgehead atoms. The molecule has 0 radical (unpaired) electrons. The molecule has 0 saturated carbocycles. The highest BCUT2D eigenvalue weighted by Crippen LogP contribution is 2.36. The molecule has 0 amide bonds. The summed E-state index contributed by atoms with van der Waals surface area (Å²) in [5.74, 6) is 0. The van der Waals surface area contributed by atoms with Crippen LogP contribution in [0.25, 0.3) is 11.0 Å². The van der Waals surface area contributed by atoms with Crippen molar-refractivity contribution < 1.29 is 9.31 Å². The van der Waals surface area contributed by atoms with Crippen molar-refractivity contribution in [2.24, 2.45) is 0 Å². The second kappa shape index (κ2) is 3.76. The molecule has 0 atom stereocenters. The molecule has 1 aliphatic heterocycles. The second-order valence-electron chi connectivity index (χ2n) is 5.57. The maximum absolute atomic E-state index is 6.04. The number of fused-ring (bicyclic) bond motifs is 1. The van der Waals surface area contributed by atoms with E-state index in [4.69, 9.17) is 9.31 Å². The fraction of sp³-hybridized carbons (Fsp3) is 0.500. The van der Waals surface area contributed by atoms with Crippen LogP contribution in [-0.4, -0.2) is 27.1 Å². The number of rotatable bonds is 1. The van der Waals surface area contributed by atoms with Crippen LogP contribution in [0.5, 0.6) is 0 Å². The minimum atomic E-state index is -0.373. The van der Waals surface area contributed by atoms with E-state index < -0.39 is 0 Å². The fourth-order valence-electron chi connectivity index (χ4n) is 1.99. The maximum Gasteiger partial charge on any atom is 0.497 e. The molecule has 6 heteroatoms. The molecule has 0 N–H and O–H groups in total. The van der Waals surface area contributed by atoms with Gasteiger partial charge >= 0.3 is 7.12 Å². The Morgan fingerprint density at radius 3 is 2.39 bits per heavy atom. The number of aromatic nitrogens is 2. The number of hydrogen-bond acceptors (Lipinski definition) is 5. The third-order valence-electron chi connectivity index (χ3n) is 3.82. The minimum absolute atomic E-state index is 0.330. The molecular formula is C12H15BN2O2S. The summed E-state index contributed by atoms with van der Waals surface area (Å²) in [5.41, 5.74) is 2.07. The minimum Gasteiger partial charge on any atom is -0.399 e. The zero-order valence-electron chi connectivity index (χ0n) is 10.9. The molecule has 2 heterocycles. The Balaban J connectivity index is 2.05. The molecule has 1 saturated heterocycles. The van der Waals surface area contributed by atoms with E-state index in [0.717, 1.165) is 16.5 Å². The van der Waals surface area contributed by atoms with Gasteiger partial charge in [-0.25, -0.2) is 0 Å².